The molecule has 1 aromatic carbocycles. The van der Waals surface area contributed by atoms with Crippen molar-refractivity contribution in [2.24, 2.45) is 0 Å². The number of piperidine rings is 1. The molecule has 6 nitrogen and oxygen atoms in total. The van der Waals surface area contributed by atoms with Crippen LogP contribution in [-0.4, -0.2) is 35.5 Å². The van der Waals surface area contributed by atoms with E-state index in [4.69, 9.17) is 4.74 Å². The summed E-state index contributed by atoms with van der Waals surface area (Å²) in [7, 11) is -3.40. The maximum atomic E-state index is 13.4. The van der Waals surface area contributed by atoms with Crippen molar-refractivity contribution in [3.63, 3.8) is 0 Å². The molecule has 30 heavy (non-hydrogen) atoms. The number of nitrogens with one attached hydrogen (secondary N) is 1. The number of nitrogens with zero attached hydrogens (tertiary/aromatic N) is 2. The maximum absolute atomic E-state index is 13.4. The molecule has 0 amide bonds. The van der Waals surface area contributed by atoms with Gasteiger partial charge in [0, 0.05) is 12.1 Å². The number of ether oxygens (including phenoxy) is 1. The lowest BCUT2D eigenvalue weighted by atomic mass is 10.1. The van der Waals surface area contributed by atoms with E-state index in [0.717, 1.165) is 25.0 Å². The van der Waals surface area contributed by atoms with Crippen LogP contribution >= 0.6 is 0 Å². The van der Waals surface area contributed by atoms with E-state index in [1.165, 1.54) is 18.4 Å². The molecule has 2 aliphatic rings. The second-order valence-corrected chi connectivity index (χ2v) is 11.0. The lowest BCUT2D eigenvalue weighted by molar-refractivity contribution is 0.217. The second-order valence-electron chi connectivity index (χ2n) is 8.80. The van der Waals surface area contributed by atoms with Gasteiger partial charge in [-0.25, -0.2) is 13.1 Å². The zero-order valence-electron chi connectivity index (χ0n) is 18.2. The highest BCUT2D eigenvalue weighted by Gasteiger charge is 2.42. The predicted molar refractivity (Wildman–Crippen MR) is 118 cm³/mol. The van der Waals surface area contributed by atoms with Gasteiger partial charge < -0.3 is 10.1 Å². The van der Waals surface area contributed by atoms with Gasteiger partial charge in [0.2, 0.25) is 0 Å². The molecule has 164 valence electrons. The van der Waals surface area contributed by atoms with E-state index in [1.54, 1.807) is 11.6 Å². The van der Waals surface area contributed by atoms with E-state index in [9.17, 15) is 8.42 Å². The van der Waals surface area contributed by atoms with Gasteiger partial charge in [0.25, 0.3) is 0 Å². The van der Waals surface area contributed by atoms with Crippen LogP contribution in [0.1, 0.15) is 62.4 Å². The Balaban J connectivity index is 1.47. The normalized spacial score (nSPS) is 23.6. The summed E-state index contributed by atoms with van der Waals surface area (Å²) in [4.78, 5) is 0.396. The van der Waals surface area contributed by atoms with E-state index >= 15 is 0 Å². The lowest BCUT2D eigenvalue weighted by Gasteiger charge is -2.28. The summed E-state index contributed by atoms with van der Waals surface area (Å²) < 4.78 is 34.4. The third kappa shape index (κ3) is 4.28. The molecule has 1 aromatic heterocycles. The molecule has 2 aromatic rings. The van der Waals surface area contributed by atoms with Crippen LogP contribution in [0.5, 0.6) is 5.75 Å². The number of aryl methyl sites for hydroxylation is 2. The quantitative estimate of drug-likeness (QED) is 0.685. The molecule has 0 radical (unpaired) electrons. The fraction of sp³-hybridized carbons (Fsp3) is 0.609. The molecular weight excluding hydrogens is 398 g/mol. The fourth-order valence-electron chi connectivity index (χ4n) is 4.91. The number of sulfone groups is 1. The van der Waals surface area contributed by atoms with Crippen LogP contribution in [-0.2, 0) is 23.0 Å². The summed E-state index contributed by atoms with van der Waals surface area (Å²) in [5.74, 6) is 0.766. The molecule has 0 spiro atoms. The zero-order chi connectivity index (χ0) is 21.3. The molecule has 0 saturated carbocycles. The SMILES string of the molecule is CCCCc1ccc(OCn2nc(C)c(S(=O)(=O)C3CC4CCC(C3)N4)c2C)cc1. The van der Waals surface area contributed by atoms with Gasteiger partial charge in [-0.3, -0.25) is 0 Å². The molecule has 3 heterocycles. The van der Waals surface area contributed by atoms with Gasteiger partial charge in [0.05, 0.1) is 16.6 Å². The monoisotopic (exact) mass is 431 g/mol. The molecule has 4 rings (SSSR count). The zero-order valence-corrected chi connectivity index (χ0v) is 19.0. The van der Waals surface area contributed by atoms with Crippen molar-refractivity contribution in [1.29, 1.82) is 0 Å². The van der Waals surface area contributed by atoms with Crippen molar-refractivity contribution < 1.29 is 13.2 Å². The highest BCUT2D eigenvalue weighted by atomic mass is 32.2. The molecule has 2 fully saturated rings. The first-order chi connectivity index (χ1) is 14.4. The van der Waals surface area contributed by atoms with E-state index in [0.29, 0.717) is 41.2 Å². The van der Waals surface area contributed by atoms with Crippen LogP contribution in [0.2, 0.25) is 0 Å². The average Bonchev–Trinajstić information content (AvgIpc) is 3.22. The number of rotatable bonds is 8. The van der Waals surface area contributed by atoms with Crippen LogP contribution < -0.4 is 10.1 Å². The van der Waals surface area contributed by atoms with Crippen LogP contribution in [0.4, 0.5) is 0 Å². The Labute approximate surface area is 179 Å². The number of unbranched alkanes of at least 4 members (excludes halogenated alkanes) is 1. The Morgan fingerprint density at radius 3 is 2.43 bits per heavy atom. The van der Waals surface area contributed by atoms with Crippen LogP contribution in [0, 0.1) is 13.8 Å². The molecule has 1 N–H and O–H groups in total. The summed E-state index contributed by atoms with van der Waals surface area (Å²) in [6.45, 7) is 6.01. The van der Waals surface area contributed by atoms with Crippen molar-refractivity contribution in [2.45, 2.75) is 94.7 Å². The van der Waals surface area contributed by atoms with Gasteiger partial charge in [-0.1, -0.05) is 25.5 Å². The largest absolute Gasteiger partial charge is 0.471 e. The van der Waals surface area contributed by atoms with Crippen molar-refractivity contribution in [2.75, 3.05) is 0 Å². The number of fused-ring (bicyclic) bond motifs is 2. The lowest BCUT2D eigenvalue weighted by Crippen LogP contribution is -2.43. The van der Waals surface area contributed by atoms with Gasteiger partial charge in [0.1, 0.15) is 10.6 Å². The smallest absolute Gasteiger partial charge is 0.184 e. The van der Waals surface area contributed by atoms with E-state index in [2.05, 4.69) is 29.5 Å². The number of benzene rings is 1. The standard InChI is InChI=1S/C23H33N3O3S/c1-4-5-6-18-7-11-21(12-8-18)29-15-26-17(3)23(16(2)25-26)30(27,28)22-13-19-9-10-20(14-22)24-19/h7-8,11-12,19-20,22,24H,4-6,9-10,13-15H2,1-3H3. The van der Waals surface area contributed by atoms with E-state index < -0.39 is 9.84 Å². The molecular formula is C23H33N3O3S. The minimum Gasteiger partial charge on any atom is -0.471 e. The highest BCUT2D eigenvalue weighted by molar-refractivity contribution is 7.92. The minimum absolute atomic E-state index is 0.202. The van der Waals surface area contributed by atoms with Crippen molar-refractivity contribution >= 4 is 9.84 Å². The summed E-state index contributed by atoms with van der Waals surface area (Å²) in [6.07, 6.45) is 7.00. The van der Waals surface area contributed by atoms with Crippen molar-refractivity contribution in [1.82, 2.24) is 15.1 Å². The molecule has 0 aliphatic carbocycles. The molecule has 7 heteroatoms. The van der Waals surface area contributed by atoms with E-state index in [-0.39, 0.29) is 12.0 Å². The molecule has 2 saturated heterocycles. The number of hydrogen-bond acceptors (Lipinski definition) is 5. The van der Waals surface area contributed by atoms with Crippen molar-refractivity contribution in [3.05, 3.63) is 41.2 Å². The fourth-order valence-corrected chi connectivity index (χ4v) is 7.19. The van der Waals surface area contributed by atoms with Gasteiger partial charge in [-0.2, -0.15) is 5.10 Å². The van der Waals surface area contributed by atoms with Crippen LogP contribution in [0.25, 0.3) is 0 Å². The Bertz CT molecular complexity index is 970. The van der Waals surface area contributed by atoms with Gasteiger partial charge in [-0.15, -0.1) is 0 Å². The minimum atomic E-state index is -3.40. The topological polar surface area (TPSA) is 73.2 Å². The summed E-state index contributed by atoms with van der Waals surface area (Å²) in [5, 5.41) is 7.70. The van der Waals surface area contributed by atoms with Crippen molar-refractivity contribution in [3.8, 4) is 5.75 Å². The Hall–Kier alpha value is -1.86. The van der Waals surface area contributed by atoms with Gasteiger partial charge >= 0.3 is 0 Å². The first kappa shape index (κ1) is 21.4. The molecule has 2 atom stereocenters. The molecule has 2 aliphatic heterocycles. The summed E-state index contributed by atoms with van der Waals surface area (Å²) in [5.41, 5.74) is 2.54. The second kappa shape index (κ2) is 8.71. The average molecular weight is 432 g/mol. The molecule has 2 unspecified atom stereocenters. The first-order valence-corrected chi connectivity index (χ1v) is 12.7. The summed E-state index contributed by atoms with van der Waals surface area (Å²) >= 11 is 0. The van der Waals surface area contributed by atoms with Crippen LogP contribution in [0.3, 0.4) is 0 Å². The summed E-state index contributed by atoms with van der Waals surface area (Å²) in [6, 6.07) is 8.80. The third-order valence-corrected chi connectivity index (χ3v) is 8.99. The van der Waals surface area contributed by atoms with Crippen LogP contribution in [0.15, 0.2) is 29.2 Å². The first-order valence-electron chi connectivity index (χ1n) is 11.1. The maximum Gasteiger partial charge on any atom is 0.184 e. The number of aromatic nitrogens is 2. The third-order valence-electron chi connectivity index (χ3n) is 6.56. The Kier molecular flexibility index (Phi) is 6.21. The predicted octanol–water partition coefficient (Wildman–Crippen LogP) is 3.94. The highest BCUT2D eigenvalue weighted by Crippen LogP contribution is 2.35. The molecule has 2 bridgehead atoms. The van der Waals surface area contributed by atoms with E-state index in [1.807, 2.05) is 19.1 Å². The number of hydrogen-bond donors (Lipinski definition) is 1. The Morgan fingerprint density at radius 2 is 1.80 bits per heavy atom. The Morgan fingerprint density at radius 1 is 1.13 bits per heavy atom. The van der Waals surface area contributed by atoms with Gasteiger partial charge in [-0.05, 0) is 70.1 Å². The van der Waals surface area contributed by atoms with Gasteiger partial charge in [0.15, 0.2) is 16.6 Å².